The average Bonchev–Trinajstić information content (AvgIpc) is 2.92. The lowest BCUT2D eigenvalue weighted by Crippen LogP contribution is -2.28. The van der Waals surface area contributed by atoms with Crippen molar-refractivity contribution in [1.82, 2.24) is 14.9 Å². The van der Waals surface area contributed by atoms with Crippen LogP contribution >= 0.6 is 27.5 Å². The predicted octanol–water partition coefficient (Wildman–Crippen LogP) is 4.10. The minimum Gasteiger partial charge on any atom is -0.309 e. The molecule has 1 aliphatic heterocycles. The van der Waals surface area contributed by atoms with Gasteiger partial charge in [-0.3, -0.25) is 0 Å². The van der Waals surface area contributed by atoms with Gasteiger partial charge in [-0.2, -0.15) is 0 Å². The Balaban J connectivity index is 2.01. The van der Waals surface area contributed by atoms with Gasteiger partial charge in [0.25, 0.3) is 0 Å². The van der Waals surface area contributed by atoms with Crippen LogP contribution in [0.4, 0.5) is 0 Å². The van der Waals surface area contributed by atoms with Crippen LogP contribution in [-0.2, 0) is 0 Å². The van der Waals surface area contributed by atoms with Crippen molar-refractivity contribution in [2.75, 3.05) is 6.54 Å². The molecule has 1 fully saturated rings. The van der Waals surface area contributed by atoms with Gasteiger partial charge < -0.3 is 9.88 Å². The first-order chi connectivity index (χ1) is 9.27. The van der Waals surface area contributed by atoms with Crippen LogP contribution in [0.25, 0.3) is 5.69 Å². The average molecular weight is 341 g/mol. The van der Waals surface area contributed by atoms with Crippen molar-refractivity contribution in [3.63, 3.8) is 0 Å². The van der Waals surface area contributed by atoms with Crippen LogP contribution in [0.15, 0.2) is 35.2 Å². The molecule has 1 N–H and O–H groups in total. The highest BCUT2D eigenvalue weighted by molar-refractivity contribution is 9.10. The van der Waals surface area contributed by atoms with E-state index >= 15 is 0 Å². The Morgan fingerprint density at radius 3 is 3.05 bits per heavy atom. The Kier molecular flexibility index (Phi) is 3.91. The maximum Gasteiger partial charge on any atom is 0.0995 e. The molecule has 0 amide bonds. The van der Waals surface area contributed by atoms with E-state index in [1.165, 1.54) is 18.5 Å². The highest BCUT2D eigenvalue weighted by Gasteiger charge is 2.20. The van der Waals surface area contributed by atoms with Gasteiger partial charge in [-0.05, 0) is 47.4 Å². The zero-order chi connectivity index (χ0) is 13.2. The molecular formula is C14H15BrClN3. The van der Waals surface area contributed by atoms with Gasteiger partial charge in [0.2, 0.25) is 0 Å². The van der Waals surface area contributed by atoms with E-state index in [0.29, 0.717) is 11.1 Å². The Morgan fingerprint density at radius 1 is 1.37 bits per heavy atom. The normalized spacial score (nSPS) is 19.6. The first-order valence-corrected chi connectivity index (χ1v) is 7.64. The fourth-order valence-electron chi connectivity index (χ4n) is 2.55. The standard InChI is InChI=1S/C14H15BrClN3/c15-14-10(16)4-3-6-12(14)19-9-17-8-13(19)11-5-1-2-7-18-11/h3-4,6,8-9,11,18H,1-2,5,7H2. The second-order valence-corrected chi connectivity index (χ2v) is 5.96. The van der Waals surface area contributed by atoms with E-state index in [0.717, 1.165) is 23.1 Å². The van der Waals surface area contributed by atoms with E-state index in [-0.39, 0.29) is 0 Å². The maximum absolute atomic E-state index is 6.17. The Bertz CT molecular complexity index is 576. The van der Waals surface area contributed by atoms with E-state index in [4.69, 9.17) is 11.6 Å². The van der Waals surface area contributed by atoms with E-state index < -0.39 is 0 Å². The van der Waals surface area contributed by atoms with E-state index in [2.05, 4.69) is 30.8 Å². The molecule has 1 atom stereocenters. The molecule has 1 aromatic heterocycles. The molecule has 3 rings (SSSR count). The summed E-state index contributed by atoms with van der Waals surface area (Å²) >= 11 is 9.73. The lowest BCUT2D eigenvalue weighted by atomic mass is 10.0. The summed E-state index contributed by atoms with van der Waals surface area (Å²) in [6.45, 7) is 1.08. The molecule has 1 aliphatic rings. The molecule has 1 unspecified atom stereocenters. The Labute approximate surface area is 126 Å². The molecule has 0 spiro atoms. The number of hydrogen-bond donors (Lipinski definition) is 1. The van der Waals surface area contributed by atoms with Crippen LogP contribution in [-0.4, -0.2) is 16.1 Å². The van der Waals surface area contributed by atoms with Crippen molar-refractivity contribution >= 4 is 27.5 Å². The molecule has 0 radical (unpaired) electrons. The van der Waals surface area contributed by atoms with Crippen molar-refractivity contribution in [1.29, 1.82) is 0 Å². The van der Waals surface area contributed by atoms with Crippen LogP contribution in [0.2, 0.25) is 5.02 Å². The first kappa shape index (κ1) is 13.2. The second kappa shape index (κ2) is 5.65. The number of halogens is 2. The zero-order valence-electron chi connectivity index (χ0n) is 10.4. The first-order valence-electron chi connectivity index (χ1n) is 6.47. The zero-order valence-corrected chi connectivity index (χ0v) is 12.8. The number of aromatic nitrogens is 2. The minimum atomic E-state index is 0.377. The van der Waals surface area contributed by atoms with Crippen LogP contribution in [0.5, 0.6) is 0 Å². The molecule has 0 bridgehead atoms. The summed E-state index contributed by atoms with van der Waals surface area (Å²) in [6, 6.07) is 6.26. The van der Waals surface area contributed by atoms with Gasteiger partial charge in [0.15, 0.2) is 0 Å². The van der Waals surface area contributed by atoms with Crippen LogP contribution in [0, 0.1) is 0 Å². The molecule has 19 heavy (non-hydrogen) atoms. The van der Waals surface area contributed by atoms with Gasteiger partial charge in [-0.1, -0.05) is 24.1 Å². The largest absolute Gasteiger partial charge is 0.309 e. The summed E-state index contributed by atoms with van der Waals surface area (Å²) in [4.78, 5) is 4.30. The van der Waals surface area contributed by atoms with Crippen molar-refractivity contribution < 1.29 is 0 Å². The Morgan fingerprint density at radius 2 is 2.26 bits per heavy atom. The molecule has 2 heterocycles. The van der Waals surface area contributed by atoms with Crippen LogP contribution < -0.4 is 5.32 Å². The van der Waals surface area contributed by atoms with Crippen LogP contribution in [0.3, 0.4) is 0 Å². The lowest BCUT2D eigenvalue weighted by Gasteiger charge is -2.24. The summed E-state index contributed by atoms with van der Waals surface area (Å²) in [5.41, 5.74) is 2.23. The number of piperidine rings is 1. The Hall–Kier alpha value is -0.840. The summed E-state index contributed by atoms with van der Waals surface area (Å²) in [5.74, 6) is 0. The summed E-state index contributed by atoms with van der Waals surface area (Å²) in [6.07, 6.45) is 7.47. The third-order valence-electron chi connectivity index (χ3n) is 3.53. The smallest absolute Gasteiger partial charge is 0.0995 e. The molecule has 0 saturated carbocycles. The van der Waals surface area contributed by atoms with E-state index in [1.807, 2.05) is 30.7 Å². The lowest BCUT2D eigenvalue weighted by molar-refractivity contribution is 0.402. The number of hydrogen-bond acceptors (Lipinski definition) is 2. The van der Waals surface area contributed by atoms with Gasteiger partial charge in [0, 0.05) is 6.04 Å². The third kappa shape index (κ3) is 2.57. The topological polar surface area (TPSA) is 29.9 Å². The summed E-state index contributed by atoms with van der Waals surface area (Å²) in [5, 5.41) is 4.27. The van der Waals surface area contributed by atoms with Crippen molar-refractivity contribution in [3.8, 4) is 5.69 Å². The molecule has 100 valence electrons. The van der Waals surface area contributed by atoms with Crippen LogP contribution in [0.1, 0.15) is 31.0 Å². The van der Waals surface area contributed by atoms with E-state index in [1.54, 1.807) is 0 Å². The molecule has 5 heteroatoms. The van der Waals surface area contributed by atoms with Crippen molar-refractivity contribution in [2.24, 2.45) is 0 Å². The molecule has 1 saturated heterocycles. The highest BCUT2D eigenvalue weighted by Crippen LogP contribution is 2.32. The van der Waals surface area contributed by atoms with Crippen molar-refractivity contribution in [2.45, 2.75) is 25.3 Å². The molecule has 3 nitrogen and oxygen atoms in total. The number of nitrogens with one attached hydrogen (secondary N) is 1. The predicted molar refractivity (Wildman–Crippen MR) is 80.9 cm³/mol. The summed E-state index contributed by atoms with van der Waals surface area (Å²) < 4.78 is 3.02. The van der Waals surface area contributed by atoms with Gasteiger partial charge in [0.05, 0.1) is 33.4 Å². The van der Waals surface area contributed by atoms with Gasteiger partial charge >= 0.3 is 0 Å². The summed E-state index contributed by atoms with van der Waals surface area (Å²) in [7, 11) is 0. The third-order valence-corrected chi connectivity index (χ3v) is 4.90. The SMILES string of the molecule is Clc1cccc(-n2cncc2C2CCCCN2)c1Br. The molecule has 0 aliphatic carbocycles. The molecule has 2 aromatic rings. The highest BCUT2D eigenvalue weighted by atomic mass is 79.9. The number of rotatable bonds is 2. The van der Waals surface area contributed by atoms with Gasteiger partial charge in [-0.25, -0.2) is 4.98 Å². The number of imidazole rings is 1. The van der Waals surface area contributed by atoms with E-state index in [9.17, 15) is 0 Å². The molecule has 1 aromatic carbocycles. The number of nitrogens with zero attached hydrogens (tertiary/aromatic N) is 2. The minimum absolute atomic E-state index is 0.377. The second-order valence-electron chi connectivity index (χ2n) is 4.76. The fourth-order valence-corrected chi connectivity index (χ4v) is 3.17. The van der Waals surface area contributed by atoms with Gasteiger partial charge in [-0.15, -0.1) is 0 Å². The fraction of sp³-hybridized carbons (Fsp3) is 0.357. The quantitative estimate of drug-likeness (QED) is 0.892. The molecular weight excluding hydrogens is 326 g/mol. The monoisotopic (exact) mass is 339 g/mol. The van der Waals surface area contributed by atoms with Gasteiger partial charge in [0.1, 0.15) is 0 Å². The van der Waals surface area contributed by atoms with Crippen molar-refractivity contribution in [3.05, 3.63) is 45.9 Å². The maximum atomic E-state index is 6.17. The number of benzene rings is 1.